The van der Waals surface area contributed by atoms with Crippen molar-refractivity contribution in [3.63, 3.8) is 0 Å². The monoisotopic (exact) mass is 413 g/mol. The third kappa shape index (κ3) is 2.62. The van der Waals surface area contributed by atoms with Gasteiger partial charge in [-0.05, 0) is 58.8 Å². The average Bonchev–Trinajstić information content (AvgIpc) is 2.81. The van der Waals surface area contributed by atoms with Gasteiger partial charge in [0.15, 0.2) is 5.58 Å². The summed E-state index contributed by atoms with van der Waals surface area (Å²) in [4.78, 5) is 11.7. The Morgan fingerprint density at radius 2 is 2.05 bits per heavy atom. The fourth-order valence-electron chi connectivity index (χ4n) is 2.40. The summed E-state index contributed by atoms with van der Waals surface area (Å²) in [6, 6.07) is 13.7. The number of aryl methyl sites for hydroxylation is 1. The highest BCUT2D eigenvalue weighted by Crippen LogP contribution is 2.33. The number of alkyl halides is 1. The van der Waals surface area contributed by atoms with Gasteiger partial charge in [-0.2, -0.15) is 0 Å². The van der Waals surface area contributed by atoms with Crippen LogP contribution in [0.1, 0.15) is 23.4 Å². The van der Waals surface area contributed by atoms with Crippen LogP contribution < -0.4 is 5.76 Å². The third-order valence-corrected chi connectivity index (χ3v) is 4.95. The Morgan fingerprint density at radius 3 is 2.76 bits per heavy atom. The zero-order chi connectivity index (χ0) is 15.0. The van der Waals surface area contributed by atoms with Crippen molar-refractivity contribution < 1.29 is 4.42 Å². The van der Waals surface area contributed by atoms with E-state index in [1.165, 1.54) is 0 Å². The fourth-order valence-corrected chi connectivity index (χ4v) is 3.61. The molecule has 0 fully saturated rings. The minimum atomic E-state index is -0.329. The smallest absolute Gasteiger partial charge is 0.408 e. The van der Waals surface area contributed by atoms with E-state index in [9.17, 15) is 4.79 Å². The van der Waals surface area contributed by atoms with E-state index in [0.29, 0.717) is 12.1 Å². The number of oxazole rings is 1. The molecule has 3 rings (SSSR count). The number of nitrogens with zero attached hydrogens (tertiary/aromatic N) is 1. The molecule has 1 atom stereocenters. The van der Waals surface area contributed by atoms with Gasteiger partial charge in [0.25, 0.3) is 0 Å². The van der Waals surface area contributed by atoms with Gasteiger partial charge in [-0.25, -0.2) is 4.79 Å². The van der Waals surface area contributed by atoms with Crippen molar-refractivity contribution in [2.45, 2.75) is 18.8 Å². The average molecular weight is 414 g/mol. The van der Waals surface area contributed by atoms with Gasteiger partial charge in [0.05, 0.1) is 10.9 Å². The van der Waals surface area contributed by atoms with Crippen LogP contribution >= 0.6 is 34.2 Å². The molecule has 2 aromatic carbocycles. The molecule has 0 amide bonds. The maximum atomic E-state index is 11.7. The van der Waals surface area contributed by atoms with E-state index < -0.39 is 0 Å². The molecule has 0 radical (unpaired) electrons. The maximum absolute atomic E-state index is 11.7. The Kier molecular flexibility index (Phi) is 4.08. The van der Waals surface area contributed by atoms with Gasteiger partial charge in [-0.1, -0.05) is 24.3 Å². The zero-order valence-electron chi connectivity index (χ0n) is 11.3. The summed E-state index contributed by atoms with van der Waals surface area (Å²) in [5.41, 5.74) is 3.36. The number of hydrogen-bond donors (Lipinski definition) is 0. The highest BCUT2D eigenvalue weighted by atomic mass is 127. The Labute approximate surface area is 140 Å². The summed E-state index contributed by atoms with van der Waals surface area (Å²) < 4.78 is 8.01. The summed E-state index contributed by atoms with van der Waals surface area (Å²) in [5, 5.41) is -0.266. The molecule has 3 aromatic rings. The molecule has 0 saturated heterocycles. The standard InChI is InChI=1S/C16H13ClINO2/c1-2-19-13-8-7-10(9-14(13)21-16(19)20)15(17)11-5-3-4-6-12(11)18/h3-9,15H,2H2,1H3. The Balaban J connectivity index is 2.09. The molecule has 0 spiro atoms. The van der Waals surface area contributed by atoms with E-state index in [0.717, 1.165) is 20.2 Å². The highest BCUT2D eigenvalue weighted by Gasteiger charge is 2.16. The molecule has 0 aliphatic carbocycles. The topological polar surface area (TPSA) is 35.1 Å². The summed E-state index contributed by atoms with van der Waals surface area (Å²) >= 11 is 8.86. The zero-order valence-corrected chi connectivity index (χ0v) is 14.3. The molecule has 5 heteroatoms. The lowest BCUT2D eigenvalue weighted by Gasteiger charge is -2.12. The highest BCUT2D eigenvalue weighted by molar-refractivity contribution is 14.1. The molecule has 0 N–H and O–H groups in total. The van der Waals surface area contributed by atoms with Crippen molar-refractivity contribution >= 4 is 45.3 Å². The lowest BCUT2D eigenvalue weighted by molar-refractivity contribution is 0.513. The number of benzene rings is 2. The van der Waals surface area contributed by atoms with Crippen LogP contribution in [-0.2, 0) is 6.54 Å². The molecule has 0 saturated carbocycles. The van der Waals surface area contributed by atoms with Crippen LogP contribution in [0.4, 0.5) is 0 Å². The van der Waals surface area contributed by atoms with E-state index in [4.69, 9.17) is 16.0 Å². The molecule has 108 valence electrons. The lowest BCUT2D eigenvalue weighted by atomic mass is 10.0. The quantitative estimate of drug-likeness (QED) is 0.466. The summed E-state index contributed by atoms with van der Waals surface area (Å²) in [5.74, 6) is -0.329. The van der Waals surface area contributed by atoms with Gasteiger partial charge in [-0.15, -0.1) is 11.6 Å². The van der Waals surface area contributed by atoms with Gasteiger partial charge in [0.1, 0.15) is 0 Å². The Bertz CT molecular complexity index is 853. The predicted molar refractivity (Wildman–Crippen MR) is 93.0 cm³/mol. The SMILES string of the molecule is CCn1c(=O)oc2cc(C(Cl)c3ccccc3I)ccc21. The van der Waals surface area contributed by atoms with Crippen molar-refractivity contribution in [2.75, 3.05) is 0 Å². The van der Waals surface area contributed by atoms with Gasteiger partial charge < -0.3 is 4.42 Å². The Hall–Kier alpha value is -1.27. The second-order valence-corrected chi connectivity index (χ2v) is 6.32. The molecule has 21 heavy (non-hydrogen) atoms. The fraction of sp³-hybridized carbons (Fsp3) is 0.188. The number of halogens is 2. The normalized spacial score (nSPS) is 12.7. The first-order valence-electron chi connectivity index (χ1n) is 6.63. The molecule has 0 aliphatic heterocycles. The van der Waals surface area contributed by atoms with Gasteiger partial charge in [0, 0.05) is 10.1 Å². The van der Waals surface area contributed by atoms with Crippen LogP contribution in [0.15, 0.2) is 51.7 Å². The minimum Gasteiger partial charge on any atom is -0.408 e. The third-order valence-electron chi connectivity index (χ3n) is 3.48. The molecule has 1 aromatic heterocycles. The first-order chi connectivity index (χ1) is 10.1. The molecule has 0 aliphatic rings. The number of fused-ring (bicyclic) bond motifs is 1. The van der Waals surface area contributed by atoms with Crippen molar-refractivity contribution in [3.8, 4) is 0 Å². The van der Waals surface area contributed by atoms with E-state index in [2.05, 4.69) is 22.6 Å². The van der Waals surface area contributed by atoms with E-state index in [1.54, 1.807) is 4.57 Å². The summed E-state index contributed by atoms with van der Waals surface area (Å²) in [6.07, 6.45) is 0. The lowest BCUT2D eigenvalue weighted by Crippen LogP contribution is -2.11. The van der Waals surface area contributed by atoms with Gasteiger partial charge in [-0.3, -0.25) is 4.57 Å². The molecule has 1 heterocycles. The van der Waals surface area contributed by atoms with Crippen molar-refractivity contribution in [1.29, 1.82) is 0 Å². The largest absolute Gasteiger partial charge is 0.419 e. The second kappa shape index (κ2) is 5.85. The van der Waals surface area contributed by atoms with Crippen molar-refractivity contribution in [3.05, 3.63) is 67.7 Å². The van der Waals surface area contributed by atoms with Gasteiger partial charge in [0.2, 0.25) is 0 Å². The number of aromatic nitrogens is 1. The van der Waals surface area contributed by atoms with E-state index in [1.807, 2.05) is 49.4 Å². The maximum Gasteiger partial charge on any atom is 0.419 e. The second-order valence-electron chi connectivity index (χ2n) is 4.72. The van der Waals surface area contributed by atoms with Crippen LogP contribution in [0.2, 0.25) is 0 Å². The van der Waals surface area contributed by atoms with Crippen LogP contribution in [0.3, 0.4) is 0 Å². The van der Waals surface area contributed by atoms with E-state index in [-0.39, 0.29) is 11.1 Å². The number of hydrogen-bond acceptors (Lipinski definition) is 2. The van der Waals surface area contributed by atoms with Crippen molar-refractivity contribution in [2.24, 2.45) is 0 Å². The molecular formula is C16H13ClINO2. The molecule has 1 unspecified atom stereocenters. The van der Waals surface area contributed by atoms with E-state index >= 15 is 0 Å². The molecular weight excluding hydrogens is 401 g/mol. The minimum absolute atomic E-state index is 0.266. The van der Waals surface area contributed by atoms with Crippen molar-refractivity contribution in [1.82, 2.24) is 4.57 Å². The first kappa shape index (κ1) is 14.7. The van der Waals surface area contributed by atoms with Crippen LogP contribution in [0, 0.1) is 3.57 Å². The van der Waals surface area contributed by atoms with Crippen LogP contribution in [0.25, 0.3) is 11.1 Å². The number of rotatable bonds is 3. The predicted octanol–water partition coefficient (Wildman–Crippen LogP) is 4.55. The van der Waals surface area contributed by atoms with Gasteiger partial charge >= 0.3 is 5.76 Å². The van der Waals surface area contributed by atoms with Crippen LogP contribution in [-0.4, -0.2) is 4.57 Å². The Morgan fingerprint density at radius 1 is 1.29 bits per heavy atom. The van der Waals surface area contributed by atoms with Crippen LogP contribution in [0.5, 0.6) is 0 Å². The molecule has 0 bridgehead atoms. The summed E-state index contributed by atoms with van der Waals surface area (Å²) in [6.45, 7) is 2.51. The summed E-state index contributed by atoms with van der Waals surface area (Å²) in [7, 11) is 0. The molecule has 3 nitrogen and oxygen atoms in total. The first-order valence-corrected chi connectivity index (χ1v) is 8.15.